The van der Waals surface area contributed by atoms with Gasteiger partial charge in [-0.05, 0) is 33.0 Å². The standard InChI is InChI=1S/C18H26N4O/c1-15(13-19)14-20(3)16(2)18(23)22-11-9-21(10-12-22)17-7-5-4-6-8-17/h4-8,15-16H,9-12,14H2,1-3H3/t15-,16-/m1/s1. The van der Waals surface area contributed by atoms with E-state index in [2.05, 4.69) is 23.1 Å². The van der Waals surface area contributed by atoms with Crippen LogP contribution >= 0.6 is 0 Å². The van der Waals surface area contributed by atoms with Crippen molar-refractivity contribution in [2.24, 2.45) is 5.92 Å². The molecule has 0 bridgehead atoms. The van der Waals surface area contributed by atoms with Crippen LogP contribution in [0, 0.1) is 17.2 Å². The van der Waals surface area contributed by atoms with Crippen molar-refractivity contribution in [3.8, 4) is 6.07 Å². The van der Waals surface area contributed by atoms with Gasteiger partial charge in [0.25, 0.3) is 0 Å². The van der Waals surface area contributed by atoms with Gasteiger partial charge in [0.05, 0.1) is 18.0 Å². The summed E-state index contributed by atoms with van der Waals surface area (Å²) in [5, 5.41) is 8.91. The van der Waals surface area contributed by atoms with Crippen LogP contribution in [0.5, 0.6) is 0 Å². The van der Waals surface area contributed by atoms with Crippen molar-refractivity contribution in [2.75, 3.05) is 44.7 Å². The van der Waals surface area contributed by atoms with Gasteiger partial charge in [0.2, 0.25) is 5.91 Å². The Morgan fingerprint density at radius 3 is 2.39 bits per heavy atom. The zero-order valence-electron chi connectivity index (χ0n) is 14.3. The number of carbonyl (C=O) groups excluding carboxylic acids is 1. The summed E-state index contributed by atoms with van der Waals surface area (Å²) in [5.74, 6) is 0.0931. The number of amides is 1. The summed E-state index contributed by atoms with van der Waals surface area (Å²) in [6.07, 6.45) is 0. The van der Waals surface area contributed by atoms with Gasteiger partial charge in [-0.1, -0.05) is 18.2 Å². The largest absolute Gasteiger partial charge is 0.368 e. The zero-order valence-corrected chi connectivity index (χ0v) is 14.3. The highest BCUT2D eigenvalue weighted by atomic mass is 16.2. The molecule has 1 aliphatic heterocycles. The lowest BCUT2D eigenvalue weighted by atomic mass is 10.1. The monoisotopic (exact) mass is 314 g/mol. The number of nitrogens with zero attached hydrogens (tertiary/aromatic N) is 4. The van der Waals surface area contributed by atoms with E-state index in [0.717, 1.165) is 26.2 Å². The van der Waals surface area contributed by atoms with Crippen LogP contribution in [0.3, 0.4) is 0 Å². The predicted molar refractivity (Wildman–Crippen MR) is 92.1 cm³/mol. The van der Waals surface area contributed by atoms with E-state index in [1.54, 1.807) is 0 Å². The molecule has 124 valence electrons. The molecule has 0 radical (unpaired) electrons. The number of rotatable bonds is 5. The van der Waals surface area contributed by atoms with Crippen LogP contribution in [0.25, 0.3) is 0 Å². The fourth-order valence-corrected chi connectivity index (χ4v) is 2.91. The normalized spacial score (nSPS) is 17.7. The Labute approximate surface area is 139 Å². The SMILES string of the molecule is C[C@H](C#N)CN(C)[C@H](C)C(=O)N1CCN(c2ccccc2)CC1. The molecule has 5 heteroatoms. The molecule has 0 N–H and O–H groups in total. The Bertz CT molecular complexity index is 546. The Balaban J connectivity index is 1.87. The summed E-state index contributed by atoms with van der Waals surface area (Å²) < 4.78 is 0. The lowest BCUT2D eigenvalue weighted by molar-refractivity contribution is -0.136. The van der Waals surface area contributed by atoms with E-state index in [1.807, 2.05) is 48.9 Å². The Morgan fingerprint density at radius 2 is 1.83 bits per heavy atom. The molecule has 0 aliphatic carbocycles. The summed E-state index contributed by atoms with van der Waals surface area (Å²) in [4.78, 5) is 18.9. The number of hydrogen-bond donors (Lipinski definition) is 0. The molecule has 2 atom stereocenters. The van der Waals surface area contributed by atoms with Gasteiger partial charge in [-0.3, -0.25) is 9.69 Å². The average molecular weight is 314 g/mol. The minimum atomic E-state index is -0.186. The minimum Gasteiger partial charge on any atom is -0.368 e. The first-order chi connectivity index (χ1) is 11.0. The van der Waals surface area contributed by atoms with Crippen LogP contribution in [0.15, 0.2) is 30.3 Å². The highest BCUT2D eigenvalue weighted by Gasteiger charge is 2.27. The quantitative estimate of drug-likeness (QED) is 0.832. The number of nitriles is 1. The van der Waals surface area contributed by atoms with E-state index < -0.39 is 0 Å². The third-order valence-electron chi connectivity index (χ3n) is 4.51. The van der Waals surface area contributed by atoms with Gasteiger partial charge in [-0.15, -0.1) is 0 Å². The summed E-state index contributed by atoms with van der Waals surface area (Å²) in [7, 11) is 1.91. The van der Waals surface area contributed by atoms with Gasteiger partial charge in [0, 0.05) is 38.4 Å². The highest BCUT2D eigenvalue weighted by Crippen LogP contribution is 2.16. The fourth-order valence-electron chi connectivity index (χ4n) is 2.91. The van der Waals surface area contributed by atoms with Crippen molar-refractivity contribution >= 4 is 11.6 Å². The van der Waals surface area contributed by atoms with E-state index in [9.17, 15) is 4.79 Å². The van der Waals surface area contributed by atoms with Crippen molar-refractivity contribution in [1.82, 2.24) is 9.80 Å². The second-order valence-corrected chi connectivity index (χ2v) is 6.29. The first kappa shape index (κ1) is 17.3. The number of anilines is 1. The molecule has 2 rings (SSSR count). The predicted octanol–water partition coefficient (Wildman–Crippen LogP) is 1.82. The van der Waals surface area contributed by atoms with Crippen molar-refractivity contribution in [1.29, 1.82) is 5.26 Å². The molecule has 1 fully saturated rings. The molecule has 1 amide bonds. The van der Waals surface area contributed by atoms with Crippen LogP contribution in [0.2, 0.25) is 0 Å². The van der Waals surface area contributed by atoms with E-state index in [4.69, 9.17) is 5.26 Å². The topological polar surface area (TPSA) is 50.6 Å². The average Bonchev–Trinajstić information content (AvgIpc) is 2.61. The molecule has 23 heavy (non-hydrogen) atoms. The van der Waals surface area contributed by atoms with E-state index in [-0.39, 0.29) is 17.9 Å². The van der Waals surface area contributed by atoms with E-state index in [1.165, 1.54) is 5.69 Å². The number of likely N-dealkylation sites (N-methyl/N-ethyl adjacent to an activating group) is 1. The fraction of sp³-hybridized carbons (Fsp3) is 0.556. The van der Waals surface area contributed by atoms with Crippen LogP contribution in [0.4, 0.5) is 5.69 Å². The molecular formula is C18H26N4O. The number of carbonyl (C=O) groups is 1. The Morgan fingerprint density at radius 1 is 1.22 bits per heavy atom. The number of piperazine rings is 1. The maximum absolute atomic E-state index is 12.6. The lowest BCUT2D eigenvalue weighted by Gasteiger charge is -2.38. The minimum absolute atomic E-state index is 0.0647. The second kappa shape index (κ2) is 7.98. The van der Waals surface area contributed by atoms with Gasteiger partial charge in [-0.25, -0.2) is 0 Å². The van der Waals surface area contributed by atoms with Crippen molar-refractivity contribution in [3.05, 3.63) is 30.3 Å². The molecule has 1 saturated heterocycles. The van der Waals surface area contributed by atoms with E-state index >= 15 is 0 Å². The summed E-state index contributed by atoms with van der Waals surface area (Å²) in [5.41, 5.74) is 1.22. The van der Waals surface area contributed by atoms with Crippen LogP contribution in [-0.2, 0) is 4.79 Å². The number of hydrogen-bond acceptors (Lipinski definition) is 4. The van der Waals surface area contributed by atoms with E-state index in [0.29, 0.717) is 6.54 Å². The van der Waals surface area contributed by atoms with Crippen molar-refractivity contribution < 1.29 is 4.79 Å². The molecule has 0 saturated carbocycles. The molecule has 1 aromatic rings. The van der Waals surface area contributed by atoms with Crippen LogP contribution in [-0.4, -0.2) is 61.5 Å². The summed E-state index contributed by atoms with van der Waals surface area (Å²) in [6.45, 7) is 7.65. The molecule has 1 aromatic carbocycles. The smallest absolute Gasteiger partial charge is 0.239 e. The first-order valence-electron chi connectivity index (χ1n) is 8.21. The Hall–Kier alpha value is -2.06. The van der Waals surface area contributed by atoms with Gasteiger partial charge in [0.1, 0.15) is 0 Å². The molecule has 0 spiro atoms. The van der Waals surface area contributed by atoms with Gasteiger partial charge < -0.3 is 9.80 Å². The summed E-state index contributed by atoms with van der Waals surface area (Å²) in [6, 6.07) is 12.4. The maximum atomic E-state index is 12.6. The second-order valence-electron chi connectivity index (χ2n) is 6.29. The number of para-hydroxylation sites is 1. The highest BCUT2D eigenvalue weighted by molar-refractivity contribution is 5.81. The van der Waals surface area contributed by atoms with Crippen molar-refractivity contribution in [3.63, 3.8) is 0 Å². The zero-order chi connectivity index (χ0) is 16.8. The third-order valence-corrected chi connectivity index (χ3v) is 4.51. The van der Waals surface area contributed by atoms with Crippen molar-refractivity contribution in [2.45, 2.75) is 19.9 Å². The third kappa shape index (κ3) is 4.46. The molecule has 1 aliphatic rings. The summed E-state index contributed by atoms with van der Waals surface area (Å²) >= 11 is 0. The Kier molecular flexibility index (Phi) is 6.00. The lowest BCUT2D eigenvalue weighted by Crippen LogP contribution is -2.54. The molecule has 1 heterocycles. The molecule has 0 aromatic heterocycles. The van der Waals surface area contributed by atoms with Gasteiger partial charge in [0.15, 0.2) is 0 Å². The van der Waals surface area contributed by atoms with Gasteiger partial charge in [-0.2, -0.15) is 5.26 Å². The number of benzene rings is 1. The van der Waals surface area contributed by atoms with Crippen LogP contribution in [0.1, 0.15) is 13.8 Å². The maximum Gasteiger partial charge on any atom is 0.239 e. The molecule has 0 unspecified atom stereocenters. The van der Waals surface area contributed by atoms with Gasteiger partial charge >= 0.3 is 0 Å². The first-order valence-corrected chi connectivity index (χ1v) is 8.21. The molecular weight excluding hydrogens is 288 g/mol. The molecule has 5 nitrogen and oxygen atoms in total. The van der Waals surface area contributed by atoms with Crippen LogP contribution < -0.4 is 4.90 Å².